The number of nitrogens with zero attached hydrogens (tertiary/aromatic N) is 1. The molecule has 6 rings (SSSR count). The smallest absolute Gasteiger partial charge is 0.420 e. The molecular weight excluding hydrogens is 347 g/mol. The van der Waals surface area contributed by atoms with Gasteiger partial charge in [0.25, 0.3) is 0 Å². The number of hydrogen-bond acceptors (Lipinski definition) is 3. The molecule has 0 saturated heterocycles. The Hall–Kier alpha value is -2.31. The monoisotopic (exact) mass is 365 g/mol. The first-order valence-corrected chi connectivity index (χ1v) is 8.75. The van der Waals surface area contributed by atoms with E-state index in [0.717, 1.165) is 41.0 Å². The number of aromatic hydroxyl groups is 2. The number of ether oxygens (including phenoxy) is 1. The minimum absolute atomic E-state index is 0.0793. The van der Waals surface area contributed by atoms with Crippen molar-refractivity contribution in [1.82, 2.24) is 4.57 Å². The van der Waals surface area contributed by atoms with E-state index in [1.165, 1.54) is 19.2 Å². The molecule has 0 amide bonds. The van der Waals surface area contributed by atoms with Crippen LogP contribution in [0.4, 0.5) is 13.2 Å². The minimum Gasteiger partial charge on any atom is -0.496 e. The third-order valence-corrected chi connectivity index (χ3v) is 6.40. The fraction of sp³-hybridized carbons (Fsp3) is 0.474. The lowest BCUT2D eigenvalue weighted by atomic mass is 9.68. The molecule has 1 heterocycles. The number of benzene rings is 1. The second-order valence-corrected chi connectivity index (χ2v) is 7.55. The predicted octanol–water partition coefficient (Wildman–Crippen LogP) is 4.53. The molecule has 2 saturated carbocycles. The molecule has 4 aliphatic carbocycles. The largest absolute Gasteiger partial charge is 0.496 e. The number of rotatable bonds is 2. The maximum Gasteiger partial charge on any atom is 0.420 e. The van der Waals surface area contributed by atoms with Gasteiger partial charge in [-0.05, 0) is 61.1 Å². The van der Waals surface area contributed by atoms with E-state index >= 15 is 0 Å². The summed E-state index contributed by atoms with van der Waals surface area (Å²) in [6.45, 7) is 0. The second kappa shape index (κ2) is 4.90. The summed E-state index contributed by atoms with van der Waals surface area (Å²) in [4.78, 5) is 0. The first kappa shape index (κ1) is 15.9. The average Bonchev–Trinajstić information content (AvgIpc) is 3.38. The van der Waals surface area contributed by atoms with E-state index in [4.69, 9.17) is 4.74 Å². The van der Waals surface area contributed by atoms with Gasteiger partial charge in [-0.1, -0.05) is 0 Å². The number of methoxy groups -OCH3 is 1. The van der Waals surface area contributed by atoms with Crippen LogP contribution in [0.3, 0.4) is 0 Å². The quantitative estimate of drug-likeness (QED) is 0.822. The second-order valence-electron chi connectivity index (χ2n) is 7.55. The van der Waals surface area contributed by atoms with Crippen LogP contribution in [0, 0.1) is 11.8 Å². The van der Waals surface area contributed by atoms with Gasteiger partial charge in [0, 0.05) is 11.1 Å². The summed E-state index contributed by atoms with van der Waals surface area (Å²) in [6, 6.07) is 3.54. The molecule has 0 aliphatic heterocycles. The van der Waals surface area contributed by atoms with Crippen molar-refractivity contribution in [3.8, 4) is 23.2 Å². The molecule has 4 atom stereocenters. The van der Waals surface area contributed by atoms with Crippen LogP contribution in [-0.2, 0) is 6.18 Å². The van der Waals surface area contributed by atoms with Crippen LogP contribution in [0.2, 0.25) is 0 Å². The Balaban J connectivity index is 1.70. The van der Waals surface area contributed by atoms with Crippen molar-refractivity contribution in [2.75, 3.05) is 7.11 Å². The zero-order valence-corrected chi connectivity index (χ0v) is 14.0. The van der Waals surface area contributed by atoms with Gasteiger partial charge >= 0.3 is 6.18 Å². The Morgan fingerprint density at radius 2 is 1.62 bits per heavy atom. The van der Waals surface area contributed by atoms with Gasteiger partial charge in [-0.3, -0.25) is 4.57 Å². The Bertz CT molecular complexity index is 878. The molecule has 138 valence electrons. The first-order valence-electron chi connectivity index (χ1n) is 8.75. The molecule has 1 aromatic carbocycles. The highest BCUT2D eigenvalue weighted by Gasteiger charge is 2.59. The third kappa shape index (κ3) is 1.91. The van der Waals surface area contributed by atoms with Gasteiger partial charge in [0.1, 0.15) is 5.75 Å². The highest BCUT2D eigenvalue weighted by atomic mass is 19.4. The van der Waals surface area contributed by atoms with E-state index in [-0.39, 0.29) is 35.0 Å². The normalized spacial score (nSPS) is 28.6. The molecule has 2 bridgehead atoms. The summed E-state index contributed by atoms with van der Waals surface area (Å²) in [7, 11) is 1.18. The lowest BCUT2D eigenvalue weighted by Gasteiger charge is -2.35. The maximum absolute atomic E-state index is 13.3. The van der Waals surface area contributed by atoms with Crippen LogP contribution in [0.15, 0.2) is 18.2 Å². The van der Waals surface area contributed by atoms with Crippen LogP contribution < -0.4 is 4.74 Å². The van der Waals surface area contributed by atoms with Crippen molar-refractivity contribution >= 4 is 0 Å². The number of halogens is 3. The van der Waals surface area contributed by atoms with Crippen molar-refractivity contribution in [1.29, 1.82) is 0 Å². The number of aromatic nitrogens is 1. The molecule has 4 aliphatic rings. The van der Waals surface area contributed by atoms with Gasteiger partial charge in [-0.25, -0.2) is 0 Å². The molecule has 2 N–H and O–H groups in total. The van der Waals surface area contributed by atoms with E-state index < -0.39 is 11.7 Å². The highest BCUT2D eigenvalue weighted by Crippen LogP contribution is 2.70. The fourth-order valence-corrected chi connectivity index (χ4v) is 5.28. The summed E-state index contributed by atoms with van der Waals surface area (Å²) >= 11 is 0. The van der Waals surface area contributed by atoms with Crippen molar-refractivity contribution < 1.29 is 28.1 Å². The zero-order chi connectivity index (χ0) is 18.4. The van der Waals surface area contributed by atoms with Crippen LogP contribution in [0.1, 0.15) is 47.8 Å². The van der Waals surface area contributed by atoms with Crippen LogP contribution in [0.5, 0.6) is 17.5 Å². The molecule has 4 nitrogen and oxygen atoms in total. The summed E-state index contributed by atoms with van der Waals surface area (Å²) in [5.41, 5.74) is 0.619. The van der Waals surface area contributed by atoms with Crippen LogP contribution >= 0.6 is 0 Å². The Morgan fingerprint density at radius 3 is 2.12 bits per heavy atom. The number of fused-ring (bicyclic) bond motifs is 1. The van der Waals surface area contributed by atoms with Crippen molar-refractivity contribution in [2.45, 2.75) is 37.3 Å². The van der Waals surface area contributed by atoms with Gasteiger partial charge in [0.05, 0.1) is 18.4 Å². The van der Waals surface area contributed by atoms with Gasteiger partial charge in [0.15, 0.2) is 0 Å². The van der Waals surface area contributed by atoms with Gasteiger partial charge in [-0.2, -0.15) is 13.2 Å². The van der Waals surface area contributed by atoms with Crippen LogP contribution in [-0.4, -0.2) is 21.9 Å². The third-order valence-electron chi connectivity index (χ3n) is 6.40. The van der Waals surface area contributed by atoms with E-state index in [0.29, 0.717) is 11.8 Å². The topological polar surface area (TPSA) is 54.6 Å². The fourth-order valence-electron chi connectivity index (χ4n) is 5.28. The Morgan fingerprint density at radius 1 is 1.04 bits per heavy atom. The summed E-state index contributed by atoms with van der Waals surface area (Å²) in [6.07, 6.45) is -1.55. The Labute approximate surface area is 147 Å². The molecule has 7 heteroatoms. The van der Waals surface area contributed by atoms with Gasteiger partial charge < -0.3 is 14.9 Å². The predicted molar refractivity (Wildman–Crippen MR) is 87.0 cm³/mol. The van der Waals surface area contributed by atoms with Crippen molar-refractivity contribution in [2.24, 2.45) is 11.8 Å². The highest BCUT2D eigenvalue weighted by molar-refractivity contribution is 5.60. The van der Waals surface area contributed by atoms with E-state index in [1.807, 2.05) is 0 Å². The molecular formula is C19H18F3NO3. The van der Waals surface area contributed by atoms with Gasteiger partial charge in [0.2, 0.25) is 11.8 Å². The summed E-state index contributed by atoms with van der Waals surface area (Å²) in [5.74, 6) is 0.943. The van der Waals surface area contributed by atoms with E-state index in [9.17, 15) is 23.4 Å². The minimum atomic E-state index is -4.60. The number of hydrogen-bond donors (Lipinski definition) is 2. The lowest BCUT2D eigenvalue weighted by molar-refractivity contribution is -0.138. The lowest BCUT2D eigenvalue weighted by Crippen LogP contribution is -2.22. The van der Waals surface area contributed by atoms with Crippen molar-refractivity contribution in [3.05, 3.63) is 34.9 Å². The van der Waals surface area contributed by atoms with Crippen LogP contribution in [0.25, 0.3) is 5.69 Å². The molecule has 2 fully saturated rings. The van der Waals surface area contributed by atoms with Gasteiger partial charge in [-0.15, -0.1) is 0 Å². The number of alkyl halides is 3. The zero-order valence-electron chi connectivity index (χ0n) is 14.0. The summed E-state index contributed by atoms with van der Waals surface area (Å²) in [5, 5.41) is 21.6. The molecule has 1 aromatic heterocycles. The molecule has 26 heavy (non-hydrogen) atoms. The van der Waals surface area contributed by atoms with E-state index in [2.05, 4.69) is 0 Å². The Kier molecular flexibility index (Phi) is 3.00. The molecule has 2 aromatic rings. The van der Waals surface area contributed by atoms with E-state index in [1.54, 1.807) is 0 Å². The maximum atomic E-state index is 13.3. The SMILES string of the molecule is COc1ccc(-n2c(O)c3c(c2O)[C@@H]2CC[C@H]3[C@H]3C[C@H]32)cc1C(F)(F)F. The van der Waals surface area contributed by atoms with Crippen molar-refractivity contribution in [3.63, 3.8) is 0 Å². The first-order chi connectivity index (χ1) is 12.3. The average molecular weight is 365 g/mol. The standard InChI is InChI=1S/C19H18F3NO3/c1-26-14-5-2-8(6-13(14)19(20,21)22)23-17(24)15-9-3-4-10(12-7-11(9)12)16(15)18(23)25/h2,5-6,9-12,24-25H,3-4,7H2,1H3/t9-,10+,11+,12-. The summed E-state index contributed by atoms with van der Waals surface area (Å²) < 4.78 is 46.0. The molecule has 0 unspecified atom stereocenters. The molecule has 0 radical (unpaired) electrons. The molecule has 0 spiro atoms.